The molecule has 3 fully saturated rings. The number of piperidine rings is 1. The lowest BCUT2D eigenvalue weighted by molar-refractivity contribution is -0.164. The Hall–Kier alpha value is -5.59. The summed E-state index contributed by atoms with van der Waals surface area (Å²) in [5, 5.41) is 12.7. The van der Waals surface area contributed by atoms with Gasteiger partial charge in [-0.05, 0) is 56.1 Å². The molecule has 1 aliphatic carbocycles. The highest BCUT2D eigenvalue weighted by atomic mass is 35.5. The summed E-state index contributed by atoms with van der Waals surface area (Å²) < 4.78 is 12.3. The number of imide groups is 2. The van der Waals surface area contributed by atoms with E-state index in [1.54, 1.807) is 48.8 Å². The number of nitriles is 1. The van der Waals surface area contributed by atoms with E-state index < -0.39 is 34.6 Å². The van der Waals surface area contributed by atoms with Crippen LogP contribution >= 0.6 is 11.6 Å². The molecular weight excluding hydrogens is 764 g/mol. The van der Waals surface area contributed by atoms with Crippen LogP contribution in [0.25, 0.3) is 0 Å². The summed E-state index contributed by atoms with van der Waals surface area (Å²) in [6, 6.07) is 10.7. The van der Waals surface area contributed by atoms with E-state index >= 15 is 0 Å². The minimum Gasteiger partial charge on any atom is -0.494 e. The van der Waals surface area contributed by atoms with Crippen molar-refractivity contribution in [2.24, 2.45) is 10.8 Å². The molecule has 0 bridgehead atoms. The van der Waals surface area contributed by atoms with Crippen LogP contribution in [0.5, 0.6) is 11.5 Å². The number of rotatable bonds is 12. The van der Waals surface area contributed by atoms with Crippen LogP contribution in [-0.4, -0.2) is 119 Å². The predicted octanol–water partition coefficient (Wildman–Crippen LogP) is 4.34. The molecule has 16 heteroatoms. The second-order valence-electron chi connectivity index (χ2n) is 16.5. The molecule has 1 N–H and O–H groups in total. The topological polar surface area (TPSA) is 178 Å². The van der Waals surface area contributed by atoms with Crippen molar-refractivity contribution in [3.63, 3.8) is 0 Å². The zero-order chi connectivity index (χ0) is 41.5. The molecule has 1 unspecified atom stereocenters. The lowest BCUT2D eigenvalue weighted by Crippen LogP contribution is -2.74. The minimum absolute atomic E-state index is 0.0905. The van der Waals surface area contributed by atoms with Gasteiger partial charge in [0, 0.05) is 75.0 Å². The first-order valence-electron chi connectivity index (χ1n) is 19.5. The number of aromatic nitrogens is 2. The molecule has 304 valence electrons. The van der Waals surface area contributed by atoms with Gasteiger partial charge in [-0.3, -0.25) is 38.7 Å². The van der Waals surface area contributed by atoms with Gasteiger partial charge in [0.25, 0.3) is 23.6 Å². The van der Waals surface area contributed by atoms with E-state index in [9.17, 15) is 29.2 Å². The number of benzene rings is 2. The molecule has 4 aliphatic rings. The van der Waals surface area contributed by atoms with E-state index in [0.717, 1.165) is 55.4 Å². The Labute approximate surface area is 342 Å². The van der Waals surface area contributed by atoms with Crippen molar-refractivity contribution < 1.29 is 33.4 Å². The number of ether oxygens (including phenoxy) is 2. The Morgan fingerprint density at radius 3 is 2.28 bits per heavy atom. The van der Waals surface area contributed by atoms with E-state index in [0.29, 0.717) is 40.2 Å². The third kappa shape index (κ3) is 7.58. The Kier molecular flexibility index (Phi) is 11.2. The fourth-order valence-corrected chi connectivity index (χ4v) is 9.17. The highest BCUT2D eigenvalue weighted by molar-refractivity contribution is 6.31. The number of carbonyl (C=O) groups is 5. The predicted molar refractivity (Wildman–Crippen MR) is 213 cm³/mol. The lowest BCUT2D eigenvalue weighted by atomic mass is 9.49. The lowest BCUT2D eigenvalue weighted by Gasteiger charge is -2.63. The number of fused-ring (bicyclic) bond motifs is 1. The molecule has 2 saturated heterocycles. The molecule has 3 aromatic rings. The number of nitrogens with zero attached hydrogens (tertiary/aromatic N) is 7. The molecule has 3 aliphatic heterocycles. The van der Waals surface area contributed by atoms with Gasteiger partial charge in [-0.1, -0.05) is 39.3 Å². The number of amides is 5. The van der Waals surface area contributed by atoms with Gasteiger partial charge < -0.3 is 19.7 Å². The van der Waals surface area contributed by atoms with Gasteiger partial charge in [0.1, 0.15) is 29.7 Å². The van der Waals surface area contributed by atoms with Crippen molar-refractivity contribution in [1.82, 2.24) is 30.0 Å². The zero-order valence-electron chi connectivity index (χ0n) is 33.3. The van der Waals surface area contributed by atoms with E-state index in [-0.39, 0.29) is 47.9 Å². The van der Waals surface area contributed by atoms with Crippen molar-refractivity contribution in [2.75, 3.05) is 51.3 Å². The molecule has 58 heavy (non-hydrogen) atoms. The number of likely N-dealkylation sites (N-methyl/N-ethyl adjacent to an activating group) is 1. The fourth-order valence-electron chi connectivity index (χ4n) is 8.96. The number of nitrogens with one attached hydrogen (secondary N) is 1. The summed E-state index contributed by atoms with van der Waals surface area (Å²) >= 11 is 6.23. The highest BCUT2D eigenvalue weighted by Gasteiger charge is 2.64. The van der Waals surface area contributed by atoms with Gasteiger partial charge in [-0.15, -0.1) is 0 Å². The van der Waals surface area contributed by atoms with E-state index in [4.69, 9.17) is 21.1 Å². The monoisotopic (exact) mass is 810 g/mol. The van der Waals surface area contributed by atoms with Crippen molar-refractivity contribution in [1.29, 1.82) is 5.26 Å². The minimum atomic E-state index is -0.994. The first-order valence-corrected chi connectivity index (χ1v) is 19.9. The van der Waals surface area contributed by atoms with Gasteiger partial charge >= 0.3 is 0 Å². The largest absolute Gasteiger partial charge is 0.494 e. The van der Waals surface area contributed by atoms with Gasteiger partial charge in [0.2, 0.25) is 11.9 Å². The van der Waals surface area contributed by atoms with Crippen LogP contribution in [0.2, 0.25) is 5.02 Å². The van der Waals surface area contributed by atoms with Gasteiger partial charge in [0.15, 0.2) is 0 Å². The average molecular weight is 811 g/mol. The molecule has 4 heterocycles. The summed E-state index contributed by atoms with van der Waals surface area (Å²) in [5.74, 6) is -0.596. The van der Waals surface area contributed by atoms with Crippen molar-refractivity contribution in [3.8, 4) is 17.6 Å². The van der Waals surface area contributed by atoms with Crippen LogP contribution in [0, 0.1) is 22.2 Å². The van der Waals surface area contributed by atoms with Gasteiger partial charge in [-0.2, -0.15) is 5.26 Å². The maximum Gasteiger partial charge on any atom is 0.262 e. The van der Waals surface area contributed by atoms with E-state index in [2.05, 4.69) is 58.8 Å². The normalized spacial score (nSPS) is 22.6. The fraction of sp³-hybridized carbons (Fsp3) is 0.476. The molecule has 2 aromatic carbocycles. The van der Waals surface area contributed by atoms with Crippen LogP contribution in [0.4, 0.5) is 5.95 Å². The summed E-state index contributed by atoms with van der Waals surface area (Å²) in [7, 11) is 1.36. The van der Waals surface area contributed by atoms with Gasteiger partial charge in [-0.25, -0.2) is 9.97 Å². The average Bonchev–Trinajstić information content (AvgIpc) is 3.45. The Balaban J connectivity index is 0.828. The summed E-state index contributed by atoms with van der Waals surface area (Å²) in [5.41, 5.74) is 0.388. The highest BCUT2D eigenvalue weighted by Crippen LogP contribution is 2.55. The number of unbranched alkanes of at least 4 members (excludes halogenated alkanes) is 1. The Morgan fingerprint density at radius 2 is 1.60 bits per heavy atom. The molecular formula is C42H47ClN8O7. The van der Waals surface area contributed by atoms with E-state index in [1.807, 2.05) is 0 Å². The van der Waals surface area contributed by atoms with Crippen LogP contribution in [-0.2, 0) is 9.59 Å². The summed E-state index contributed by atoms with van der Waals surface area (Å²) in [6.45, 7) is 12.7. The number of halogens is 1. The second kappa shape index (κ2) is 16.0. The van der Waals surface area contributed by atoms with Crippen LogP contribution < -0.4 is 19.7 Å². The first-order chi connectivity index (χ1) is 27.6. The number of hydrogen-bond acceptors (Lipinski definition) is 12. The molecule has 7 rings (SSSR count). The number of piperazine rings is 1. The number of carbonyl (C=O) groups excluding carboxylic acids is 5. The third-order valence-electron chi connectivity index (χ3n) is 11.9. The molecule has 1 saturated carbocycles. The molecule has 1 aromatic heterocycles. The number of likely N-dealkylation sites (tertiary alicyclic amines) is 1. The van der Waals surface area contributed by atoms with Gasteiger partial charge in [0.05, 0.1) is 33.9 Å². The van der Waals surface area contributed by atoms with E-state index in [1.165, 1.54) is 7.05 Å². The summed E-state index contributed by atoms with van der Waals surface area (Å²) in [4.78, 5) is 79.7. The van der Waals surface area contributed by atoms with Crippen LogP contribution in [0.15, 0.2) is 48.8 Å². The van der Waals surface area contributed by atoms with Crippen molar-refractivity contribution in [2.45, 2.75) is 71.6 Å². The van der Waals surface area contributed by atoms with Crippen LogP contribution in [0.1, 0.15) is 90.0 Å². The maximum atomic E-state index is 13.4. The number of hydrogen-bond donors (Lipinski definition) is 1. The molecule has 1 atom stereocenters. The Bertz CT molecular complexity index is 2160. The van der Waals surface area contributed by atoms with Crippen LogP contribution in [0.3, 0.4) is 0 Å². The quantitative estimate of drug-likeness (QED) is 0.203. The molecule has 0 spiro atoms. The zero-order valence-corrected chi connectivity index (χ0v) is 34.0. The maximum absolute atomic E-state index is 13.4. The van der Waals surface area contributed by atoms with Crippen molar-refractivity contribution >= 4 is 47.1 Å². The first kappa shape index (κ1) is 40.6. The SMILES string of the molecule is CN1C(=O)CCC(N2C(=O)c3ccc(OCCCCN4CCN(c5ncc(C(=O)NC6C(C)(C)C(Oc7ccc(C#N)c(Cl)c7)C6(C)C)cn5)CC4)cc3C2=O)C1=O. The molecule has 5 amide bonds. The Morgan fingerprint density at radius 1 is 0.931 bits per heavy atom. The second-order valence-corrected chi connectivity index (χ2v) is 16.9. The smallest absolute Gasteiger partial charge is 0.262 e. The molecule has 0 radical (unpaired) electrons. The standard InChI is InChI=1S/C42H47ClN8O7/c1-41(2)38(42(3,4)39(41)58-28-9-8-25(22-44)31(43)21-28)47-34(53)26-23-45-40(46-24-26)50-17-15-49(16-18-50)14-6-7-19-57-27-10-11-29-30(20-27)36(55)51(35(29)54)32-12-13-33(52)48(5)37(32)56/h8-11,20-21,23-24,32,38-39H,6-7,12-19H2,1-5H3,(H,47,53). The summed E-state index contributed by atoms with van der Waals surface area (Å²) in [6.07, 6.45) is 4.82. The third-order valence-corrected chi connectivity index (χ3v) is 12.3. The van der Waals surface area contributed by atoms with Crippen molar-refractivity contribution in [3.05, 3.63) is 76.1 Å². The number of anilines is 1. The molecule has 15 nitrogen and oxygen atoms in total.